The van der Waals surface area contributed by atoms with E-state index in [-0.39, 0.29) is 11.9 Å². The molecule has 4 nitrogen and oxygen atoms in total. The zero-order valence-electron chi connectivity index (χ0n) is 18.1. The second-order valence-corrected chi connectivity index (χ2v) is 8.77. The summed E-state index contributed by atoms with van der Waals surface area (Å²) in [4.78, 5) is 24.0. The maximum atomic E-state index is 12.1. The molecule has 27 heavy (non-hydrogen) atoms. The van der Waals surface area contributed by atoms with E-state index in [2.05, 4.69) is 12.2 Å². The summed E-state index contributed by atoms with van der Waals surface area (Å²) in [5, 5.41) is 3.05. The summed E-state index contributed by atoms with van der Waals surface area (Å²) in [7, 11) is 0. The highest BCUT2D eigenvalue weighted by atomic mass is 16.5. The molecule has 1 saturated heterocycles. The standard InChI is InChI=1S/C23H43NO3/c1-4-5-6-7-8-9-10-11-12-17-21(25)24-18-13-15-20-16-14-19-27-22(26)23(20,2)3/h20H,4-19H2,1-3H3,(H,24,25). The summed E-state index contributed by atoms with van der Waals surface area (Å²) < 4.78 is 5.28. The number of cyclic esters (lactones) is 1. The first-order valence-electron chi connectivity index (χ1n) is 11.4. The van der Waals surface area contributed by atoms with Gasteiger partial charge in [0.2, 0.25) is 5.91 Å². The van der Waals surface area contributed by atoms with Gasteiger partial charge in [-0.3, -0.25) is 9.59 Å². The number of unbranched alkanes of at least 4 members (excludes halogenated alkanes) is 8. The van der Waals surface area contributed by atoms with Crippen LogP contribution in [0, 0.1) is 11.3 Å². The van der Waals surface area contributed by atoms with Crippen molar-refractivity contribution < 1.29 is 14.3 Å². The molecule has 158 valence electrons. The molecule has 0 radical (unpaired) electrons. The normalized spacial score (nSPS) is 19.4. The molecule has 1 N–H and O–H groups in total. The van der Waals surface area contributed by atoms with Crippen LogP contribution in [-0.2, 0) is 14.3 Å². The fraction of sp³-hybridized carbons (Fsp3) is 0.913. The van der Waals surface area contributed by atoms with Crippen LogP contribution in [0.1, 0.15) is 111 Å². The Balaban J connectivity index is 2.01. The van der Waals surface area contributed by atoms with E-state index >= 15 is 0 Å². The van der Waals surface area contributed by atoms with Gasteiger partial charge in [-0.25, -0.2) is 0 Å². The summed E-state index contributed by atoms with van der Waals surface area (Å²) in [6, 6.07) is 0. The smallest absolute Gasteiger partial charge is 0.311 e. The summed E-state index contributed by atoms with van der Waals surface area (Å²) in [5.41, 5.74) is -0.406. The van der Waals surface area contributed by atoms with Gasteiger partial charge >= 0.3 is 5.97 Å². The molecule has 1 rings (SSSR count). The number of nitrogens with one attached hydrogen (secondary N) is 1. The third-order valence-corrected chi connectivity index (χ3v) is 6.04. The van der Waals surface area contributed by atoms with Gasteiger partial charge in [0, 0.05) is 13.0 Å². The monoisotopic (exact) mass is 381 g/mol. The number of hydrogen-bond acceptors (Lipinski definition) is 3. The molecule has 0 saturated carbocycles. The van der Waals surface area contributed by atoms with Crippen molar-refractivity contribution in [2.24, 2.45) is 11.3 Å². The van der Waals surface area contributed by atoms with Crippen LogP contribution in [0.15, 0.2) is 0 Å². The maximum absolute atomic E-state index is 12.1. The predicted octanol–water partition coefficient (Wildman–Crippen LogP) is 5.78. The molecule has 0 aromatic carbocycles. The lowest BCUT2D eigenvalue weighted by Gasteiger charge is -2.29. The van der Waals surface area contributed by atoms with Crippen molar-refractivity contribution in [3.63, 3.8) is 0 Å². The number of ether oxygens (including phenoxy) is 1. The topological polar surface area (TPSA) is 55.4 Å². The minimum atomic E-state index is -0.406. The van der Waals surface area contributed by atoms with Crippen LogP contribution in [0.2, 0.25) is 0 Å². The molecule has 0 bridgehead atoms. The van der Waals surface area contributed by atoms with E-state index in [0.29, 0.717) is 18.9 Å². The summed E-state index contributed by atoms with van der Waals surface area (Å²) in [6.07, 6.45) is 16.0. The van der Waals surface area contributed by atoms with Crippen molar-refractivity contribution in [2.45, 2.75) is 111 Å². The molecular formula is C23H43NO3. The predicted molar refractivity (Wildman–Crippen MR) is 112 cm³/mol. The van der Waals surface area contributed by atoms with Gasteiger partial charge in [0.15, 0.2) is 0 Å². The summed E-state index contributed by atoms with van der Waals surface area (Å²) in [5.74, 6) is 0.457. The number of rotatable bonds is 14. The van der Waals surface area contributed by atoms with E-state index in [1.807, 2.05) is 13.8 Å². The van der Waals surface area contributed by atoms with E-state index in [4.69, 9.17) is 4.74 Å². The lowest BCUT2D eigenvalue weighted by atomic mass is 9.74. The van der Waals surface area contributed by atoms with Crippen molar-refractivity contribution >= 4 is 11.9 Å². The lowest BCUT2D eigenvalue weighted by Crippen LogP contribution is -2.33. The van der Waals surface area contributed by atoms with Gasteiger partial charge in [0.25, 0.3) is 0 Å². The average molecular weight is 382 g/mol. The van der Waals surface area contributed by atoms with Gasteiger partial charge in [0.1, 0.15) is 0 Å². The van der Waals surface area contributed by atoms with Crippen molar-refractivity contribution in [1.82, 2.24) is 5.32 Å². The summed E-state index contributed by atoms with van der Waals surface area (Å²) >= 11 is 0. The Bertz CT molecular complexity index is 420. The van der Waals surface area contributed by atoms with Gasteiger partial charge in [-0.2, -0.15) is 0 Å². The van der Waals surface area contributed by atoms with Crippen LogP contribution in [0.25, 0.3) is 0 Å². The Hall–Kier alpha value is -1.06. The molecule has 1 aliphatic heterocycles. The Kier molecular flexibility index (Phi) is 12.4. The number of hydrogen-bond donors (Lipinski definition) is 1. The number of carbonyl (C=O) groups is 2. The molecule has 0 aliphatic carbocycles. The maximum Gasteiger partial charge on any atom is 0.311 e. The van der Waals surface area contributed by atoms with Crippen LogP contribution in [0.3, 0.4) is 0 Å². The van der Waals surface area contributed by atoms with Gasteiger partial charge < -0.3 is 10.1 Å². The zero-order chi connectivity index (χ0) is 20.0. The van der Waals surface area contributed by atoms with Gasteiger partial charge in [-0.15, -0.1) is 0 Å². The molecule has 0 spiro atoms. The summed E-state index contributed by atoms with van der Waals surface area (Å²) in [6.45, 7) is 7.51. The molecule has 1 amide bonds. The van der Waals surface area contributed by atoms with Crippen LogP contribution in [-0.4, -0.2) is 25.0 Å². The van der Waals surface area contributed by atoms with Crippen LogP contribution in [0.4, 0.5) is 0 Å². The molecular weight excluding hydrogens is 338 g/mol. The fourth-order valence-electron chi connectivity index (χ4n) is 3.97. The van der Waals surface area contributed by atoms with Gasteiger partial charge in [0.05, 0.1) is 12.0 Å². The highest BCUT2D eigenvalue weighted by Crippen LogP contribution is 2.37. The van der Waals surface area contributed by atoms with Crippen molar-refractivity contribution in [1.29, 1.82) is 0 Å². The van der Waals surface area contributed by atoms with Crippen LogP contribution < -0.4 is 5.32 Å². The number of carbonyl (C=O) groups excluding carboxylic acids is 2. The first-order chi connectivity index (χ1) is 13.0. The van der Waals surface area contributed by atoms with Crippen LogP contribution in [0.5, 0.6) is 0 Å². The first-order valence-corrected chi connectivity index (χ1v) is 11.4. The Labute approximate surface area is 167 Å². The molecule has 1 heterocycles. The first kappa shape index (κ1) is 24.0. The molecule has 0 aromatic heterocycles. The minimum Gasteiger partial charge on any atom is -0.465 e. The fourth-order valence-corrected chi connectivity index (χ4v) is 3.97. The number of esters is 1. The van der Waals surface area contributed by atoms with E-state index in [1.54, 1.807) is 0 Å². The highest BCUT2D eigenvalue weighted by Gasteiger charge is 2.39. The van der Waals surface area contributed by atoms with Crippen LogP contribution >= 0.6 is 0 Å². The van der Waals surface area contributed by atoms with Gasteiger partial charge in [-0.05, 0) is 51.9 Å². The van der Waals surface area contributed by atoms with E-state index in [0.717, 1.165) is 38.6 Å². The molecule has 4 heteroatoms. The third-order valence-electron chi connectivity index (χ3n) is 6.04. The Morgan fingerprint density at radius 2 is 1.67 bits per heavy atom. The largest absolute Gasteiger partial charge is 0.465 e. The second-order valence-electron chi connectivity index (χ2n) is 8.77. The van der Waals surface area contributed by atoms with E-state index in [1.165, 1.54) is 51.4 Å². The van der Waals surface area contributed by atoms with E-state index in [9.17, 15) is 9.59 Å². The van der Waals surface area contributed by atoms with Crippen molar-refractivity contribution in [2.75, 3.05) is 13.2 Å². The highest BCUT2D eigenvalue weighted by molar-refractivity contribution is 5.76. The molecule has 1 unspecified atom stereocenters. The van der Waals surface area contributed by atoms with Crippen molar-refractivity contribution in [3.8, 4) is 0 Å². The SMILES string of the molecule is CCCCCCCCCCCC(=O)NCCCC1CCCOC(=O)C1(C)C. The van der Waals surface area contributed by atoms with E-state index < -0.39 is 5.41 Å². The quantitative estimate of drug-likeness (QED) is 0.306. The Morgan fingerprint density at radius 3 is 2.33 bits per heavy atom. The third kappa shape index (κ3) is 10.2. The zero-order valence-corrected chi connectivity index (χ0v) is 18.1. The Morgan fingerprint density at radius 1 is 1.04 bits per heavy atom. The number of amides is 1. The minimum absolute atomic E-state index is 0.0700. The van der Waals surface area contributed by atoms with Gasteiger partial charge in [-0.1, -0.05) is 58.3 Å². The van der Waals surface area contributed by atoms with Crippen molar-refractivity contribution in [3.05, 3.63) is 0 Å². The lowest BCUT2D eigenvalue weighted by molar-refractivity contribution is -0.154. The molecule has 0 aromatic rings. The molecule has 1 fully saturated rings. The second kappa shape index (κ2) is 14.0. The molecule has 1 aliphatic rings. The average Bonchev–Trinajstić information content (AvgIpc) is 2.76. The molecule has 1 atom stereocenters.